The standard InChI is InChI=1S/C24H28N2O2S/c1-15-7-8-16(2)19(12-15)13-21(27)26(14-20-6-5-11-28-20)24-25-22-17(3)9-10-18(4)23(22)29-24/h7-10,12,20H,5-6,11,13-14H2,1-4H3. The fraction of sp³-hybridized carbons (Fsp3) is 0.417. The second-order valence-corrected chi connectivity index (χ2v) is 9.10. The molecule has 0 saturated carbocycles. The minimum atomic E-state index is 0.0866. The molecule has 0 N–H and O–H groups in total. The summed E-state index contributed by atoms with van der Waals surface area (Å²) in [4.78, 5) is 20.2. The van der Waals surface area contributed by atoms with Crippen LogP contribution in [0, 0.1) is 27.7 Å². The van der Waals surface area contributed by atoms with Crippen molar-refractivity contribution in [3.8, 4) is 0 Å². The van der Waals surface area contributed by atoms with Gasteiger partial charge in [0.2, 0.25) is 5.91 Å². The number of nitrogens with zero attached hydrogens (tertiary/aromatic N) is 2. The molecule has 1 saturated heterocycles. The van der Waals surface area contributed by atoms with Crippen molar-refractivity contribution in [3.05, 3.63) is 58.1 Å². The fourth-order valence-corrected chi connectivity index (χ4v) is 5.03. The van der Waals surface area contributed by atoms with E-state index in [-0.39, 0.29) is 12.0 Å². The highest BCUT2D eigenvalue weighted by Crippen LogP contribution is 2.34. The summed E-state index contributed by atoms with van der Waals surface area (Å²) in [5, 5.41) is 0.781. The van der Waals surface area contributed by atoms with E-state index >= 15 is 0 Å². The molecular formula is C24H28N2O2S. The summed E-state index contributed by atoms with van der Waals surface area (Å²) in [5.41, 5.74) is 6.76. The number of hydrogen-bond acceptors (Lipinski definition) is 4. The quantitative estimate of drug-likeness (QED) is 0.576. The van der Waals surface area contributed by atoms with Crippen LogP contribution in [0.1, 0.15) is 40.7 Å². The van der Waals surface area contributed by atoms with Gasteiger partial charge in [0.1, 0.15) is 0 Å². The second-order valence-electron chi connectivity index (χ2n) is 8.12. The third-order valence-electron chi connectivity index (χ3n) is 5.72. The van der Waals surface area contributed by atoms with E-state index in [2.05, 4.69) is 58.0 Å². The zero-order chi connectivity index (χ0) is 20.5. The van der Waals surface area contributed by atoms with E-state index in [0.717, 1.165) is 51.5 Å². The third-order valence-corrected chi connectivity index (χ3v) is 6.93. The maximum absolute atomic E-state index is 13.4. The molecular weight excluding hydrogens is 380 g/mol. The highest BCUT2D eigenvalue weighted by molar-refractivity contribution is 7.22. The van der Waals surface area contributed by atoms with Crippen LogP contribution >= 0.6 is 11.3 Å². The molecule has 1 atom stereocenters. The van der Waals surface area contributed by atoms with Crippen LogP contribution in [0.25, 0.3) is 10.2 Å². The van der Waals surface area contributed by atoms with E-state index in [0.29, 0.717) is 13.0 Å². The number of thiazole rings is 1. The molecule has 1 aliphatic rings. The molecule has 0 aliphatic carbocycles. The van der Waals surface area contributed by atoms with Gasteiger partial charge in [-0.25, -0.2) is 4.98 Å². The van der Waals surface area contributed by atoms with Crippen LogP contribution in [0.3, 0.4) is 0 Å². The van der Waals surface area contributed by atoms with E-state index in [1.165, 1.54) is 11.1 Å². The smallest absolute Gasteiger partial charge is 0.233 e. The average Bonchev–Trinajstić information content (AvgIpc) is 3.36. The zero-order valence-corrected chi connectivity index (χ0v) is 18.4. The molecule has 1 amide bonds. The minimum Gasteiger partial charge on any atom is -0.376 e. The van der Waals surface area contributed by atoms with Gasteiger partial charge in [-0.1, -0.05) is 47.2 Å². The summed E-state index contributed by atoms with van der Waals surface area (Å²) in [6.45, 7) is 9.66. The summed E-state index contributed by atoms with van der Waals surface area (Å²) in [6.07, 6.45) is 2.53. The summed E-state index contributed by atoms with van der Waals surface area (Å²) in [5.74, 6) is 0.0866. The topological polar surface area (TPSA) is 42.4 Å². The Bertz CT molecular complexity index is 1010. The molecule has 4 nitrogen and oxygen atoms in total. The Balaban J connectivity index is 1.69. The van der Waals surface area contributed by atoms with Gasteiger partial charge in [-0.2, -0.15) is 0 Å². The van der Waals surface area contributed by atoms with Crippen LogP contribution in [0.15, 0.2) is 30.3 Å². The number of aryl methyl sites for hydroxylation is 4. The first-order valence-electron chi connectivity index (χ1n) is 10.3. The van der Waals surface area contributed by atoms with E-state index < -0.39 is 0 Å². The van der Waals surface area contributed by atoms with E-state index in [1.807, 2.05) is 4.90 Å². The Hall–Kier alpha value is -2.24. The molecule has 3 aromatic rings. The number of rotatable bonds is 5. The summed E-state index contributed by atoms with van der Waals surface area (Å²) >= 11 is 1.61. The Morgan fingerprint density at radius 3 is 2.62 bits per heavy atom. The molecule has 1 aliphatic heterocycles. The predicted molar refractivity (Wildman–Crippen MR) is 120 cm³/mol. The lowest BCUT2D eigenvalue weighted by Gasteiger charge is -2.23. The van der Waals surface area contributed by atoms with Gasteiger partial charge < -0.3 is 4.74 Å². The van der Waals surface area contributed by atoms with Crippen LogP contribution in [-0.4, -0.2) is 30.1 Å². The van der Waals surface area contributed by atoms with Crippen molar-refractivity contribution >= 4 is 32.6 Å². The molecule has 5 heteroatoms. The predicted octanol–water partition coefficient (Wildman–Crippen LogP) is 5.28. The van der Waals surface area contributed by atoms with E-state index in [9.17, 15) is 4.79 Å². The fourth-order valence-electron chi connectivity index (χ4n) is 3.89. The van der Waals surface area contributed by atoms with E-state index in [1.54, 1.807) is 11.3 Å². The number of amides is 1. The highest BCUT2D eigenvalue weighted by atomic mass is 32.1. The van der Waals surface area contributed by atoms with Gasteiger partial charge >= 0.3 is 0 Å². The van der Waals surface area contributed by atoms with Gasteiger partial charge in [-0.15, -0.1) is 0 Å². The van der Waals surface area contributed by atoms with Gasteiger partial charge in [-0.05, 0) is 62.8 Å². The zero-order valence-electron chi connectivity index (χ0n) is 17.6. The van der Waals surface area contributed by atoms with Crippen LogP contribution < -0.4 is 4.90 Å². The van der Waals surface area contributed by atoms with Crippen LogP contribution in [0.5, 0.6) is 0 Å². The summed E-state index contributed by atoms with van der Waals surface area (Å²) in [6, 6.07) is 10.5. The van der Waals surface area contributed by atoms with Crippen molar-refractivity contribution in [2.45, 2.75) is 53.1 Å². The lowest BCUT2D eigenvalue weighted by Crippen LogP contribution is -2.38. The monoisotopic (exact) mass is 408 g/mol. The van der Waals surface area contributed by atoms with Crippen molar-refractivity contribution in [2.24, 2.45) is 0 Å². The van der Waals surface area contributed by atoms with Crippen molar-refractivity contribution in [1.29, 1.82) is 0 Å². The molecule has 152 valence electrons. The van der Waals surface area contributed by atoms with Gasteiger partial charge in [0.05, 0.1) is 29.3 Å². The SMILES string of the molecule is Cc1ccc(C)c(CC(=O)N(CC2CCCO2)c2nc3c(C)ccc(C)c3s2)c1. The highest BCUT2D eigenvalue weighted by Gasteiger charge is 2.27. The van der Waals surface area contributed by atoms with E-state index in [4.69, 9.17) is 9.72 Å². The van der Waals surface area contributed by atoms with Crippen LogP contribution in [-0.2, 0) is 16.0 Å². The lowest BCUT2D eigenvalue weighted by molar-refractivity contribution is -0.118. The number of carbonyl (C=O) groups excluding carboxylic acids is 1. The first-order chi connectivity index (χ1) is 13.9. The van der Waals surface area contributed by atoms with Crippen LogP contribution in [0.4, 0.5) is 5.13 Å². The number of benzene rings is 2. The number of hydrogen-bond donors (Lipinski definition) is 0. The van der Waals surface area contributed by atoms with Gasteiger partial charge in [0.25, 0.3) is 0 Å². The average molecular weight is 409 g/mol. The maximum atomic E-state index is 13.4. The van der Waals surface area contributed by atoms with Gasteiger partial charge in [-0.3, -0.25) is 9.69 Å². The third kappa shape index (κ3) is 4.21. The first-order valence-corrected chi connectivity index (χ1v) is 11.1. The van der Waals surface area contributed by atoms with Crippen molar-refractivity contribution in [1.82, 2.24) is 4.98 Å². The number of carbonyl (C=O) groups is 1. The Morgan fingerprint density at radius 1 is 1.14 bits per heavy atom. The first kappa shape index (κ1) is 20.0. The summed E-state index contributed by atoms with van der Waals surface area (Å²) in [7, 11) is 0. The Morgan fingerprint density at radius 2 is 1.90 bits per heavy atom. The molecule has 0 spiro atoms. The molecule has 1 unspecified atom stereocenters. The normalized spacial score (nSPS) is 16.5. The number of anilines is 1. The summed E-state index contributed by atoms with van der Waals surface area (Å²) < 4.78 is 7.02. The number of ether oxygens (including phenoxy) is 1. The lowest BCUT2D eigenvalue weighted by atomic mass is 10.0. The van der Waals surface area contributed by atoms with Gasteiger partial charge in [0, 0.05) is 6.61 Å². The molecule has 0 bridgehead atoms. The largest absolute Gasteiger partial charge is 0.376 e. The molecule has 29 heavy (non-hydrogen) atoms. The maximum Gasteiger partial charge on any atom is 0.233 e. The minimum absolute atomic E-state index is 0.0866. The Kier molecular flexibility index (Phi) is 5.70. The molecule has 1 aromatic heterocycles. The Labute approximate surface area is 176 Å². The van der Waals surface area contributed by atoms with Crippen molar-refractivity contribution < 1.29 is 9.53 Å². The van der Waals surface area contributed by atoms with Crippen LogP contribution in [0.2, 0.25) is 0 Å². The molecule has 1 fully saturated rings. The van der Waals surface area contributed by atoms with Crippen molar-refractivity contribution in [3.63, 3.8) is 0 Å². The molecule has 2 heterocycles. The van der Waals surface area contributed by atoms with Crippen molar-refractivity contribution in [2.75, 3.05) is 18.1 Å². The van der Waals surface area contributed by atoms with Gasteiger partial charge in [0.15, 0.2) is 5.13 Å². The molecule has 4 rings (SSSR count). The molecule has 2 aromatic carbocycles. The second kappa shape index (κ2) is 8.25. The number of aromatic nitrogens is 1. The molecule has 0 radical (unpaired) electrons. The number of fused-ring (bicyclic) bond motifs is 1.